The number of piperazine rings is 1. The van der Waals surface area contributed by atoms with E-state index in [0.29, 0.717) is 6.04 Å². The molecule has 1 N–H and O–H groups in total. The lowest BCUT2D eigenvalue weighted by Gasteiger charge is -2.46. The number of hydrogen-bond acceptors (Lipinski definition) is 2. The summed E-state index contributed by atoms with van der Waals surface area (Å²) in [4.78, 5) is 2.89. The molecular weight excluding hydrogens is 232 g/mol. The molecule has 19 heavy (non-hydrogen) atoms. The Kier molecular flexibility index (Phi) is 5.70. The summed E-state index contributed by atoms with van der Waals surface area (Å²) in [5.41, 5.74) is 0. The zero-order valence-electron chi connectivity index (χ0n) is 13.5. The van der Waals surface area contributed by atoms with Gasteiger partial charge in [-0.25, -0.2) is 0 Å². The molecule has 0 aromatic carbocycles. The van der Waals surface area contributed by atoms with Crippen molar-refractivity contribution in [3.8, 4) is 0 Å². The average molecular weight is 266 g/mol. The van der Waals surface area contributed by atoms with Crippen LogP contribution in [0, 0.1) is 11.8 Å². The molecule has 2 fully saturated rings. The molecule has 112 valence electrons. The van der Waals surface area contributed by atoms with Crippen LogP contribution < -0.4 is 5.32 Å². The quantitative estimate of drug-likeness (QED) is 0.817. The zero-order valence-corrected chi connectivity index (χ0v) is 13.5. The molecule has 3 atom stereocenters. The fourth-order valence-electron chi connectivity index (χ4n) is 3.96. The Morgan fingerprint density at radius 3 is 2.42 bits per heavy atom. The van der Waals surface area contributed by atoms with Gasteiger partial charge >= 0.3 is 0 Å². The normalized spacial score (nSPS) is 32.1. The van der Waals surface area contributed by atoms with Crippen LogP contribution in [0.2, 0.25) is 0 Å². The average Bonchev–Trinajstić information content (AvgIpc) is 2.91. The van der Waals surface area contributed by atoms with Gasteiger partial charge < -0.3 is 5.32 Å². The Balaban J connectivity index is 2.00. The Hall–Kier alpha value is -0.0800. The molecule has 0 amide bonds. The van der Waals surface area contributed by atoms with Crippen molar-refractivity contribution in [3.63, 3.8) is 0 Å². The molecule has 2 nitrogen and oxygen atoms in total. The SMILES string of the molecule is CCC(C)C1CN(C2CCCC2)C(CC(C)C)CN1. The lowest BCUT2D eigenvalue weighted by atomic mass is 9.91. The number of nitrogens with zero attached hydrogens (tertiary/aromatic N) is 1. The fourth-order valence-corrected chi connectivity index (χ4v) is 3.96. The highest BCUT2D eigenvalue weighted by atomic mass is 15.3. The van der Waals surface area contributed by atoms with Gasteiger partial charge in [-0.15, -0.1) is 0 Å². The van der Waals surface area contributed by atoms with Crippen LogP contribution in [0.15, 0.2) is 0 Å². The molecule has 0 bridgehead atoms. The van der Waals surface area contributed by atoms with Gasteiger partial charge in [0.25, 0.3) is 0 Å². The van der Waals surface area contributed by atoms with Gasteiger partial charge in [0.05, 0.1) is 0 Å². The zero-order chi connectivity index (χ0) is 13.8. The first-order valence-electron chi connectivity index (χ1n) is 8.61. The number of hydrogen-bond donors (Lipinski definition) is 1. The van der Waals surface area contributed by atoms with E-state index < -0.39 is 0 Å². The Bertz CT molecular complexity index is 258. The predicted octanol–water partition coefficient (Wildman–Crippen LogP) is 3.66. The lowest BCUT2D eigenvalue weighted by Crippen LogP contribution is -2.60. The third-order valence-corrected chi connectivity index (χ3v) is 5.36. The van der Waals surface area contributed by atoms with Crippen LogP contribution in [-0.4, -0.2) is 36.1 Å². The van der Waals surface area contributed by atoms with Crippen molar-refractivity contribution >= 4 is 0 Å². The molecule has 0 radical (unpaired) electrons. The first-order chi connectivity index (χ1) is 9.11. The molecule has 2 rings (SSSR count). The number of nitrogens with one attached hydrogen (secondary N) is 1. The van der Waals surface area contributed by atoms with Crippen LogP contribution in [0.1, 0.15) is 66.2 Å². The summed E-state index contributed by atoms with van der Waals surface area (Å²) in [6, 6.07) is 2.38. The topological polar surface area (TPSA) is 15.3 Å². The summed E-state index contributed by atoms with van der Waals surface area (Å²) in [7, 11) is 0. The second kappa shape index (κ2) is 7.08. The van der Waals surface area contributed by atoms with Gasteiger partial charge in [0, 0.05) is 31.2 Å². The van der Waals surface area contributed by atoms with Crippen molar-refractivity contribution in [2.75, 3.05) is 13.1 Å². The van der Waals surface area contributed by atoms with E-state index in [-0.39, 0.29) is 0 Å². The van der Waals surface area contributed by atoms with Crippen molar-refractivity contribution in [1.82, 2.24) is 10.2 Å². The van der Waals surface area contributed by atoms with E-state index in [4.69, 9.17) is 0 Å². The van der Waals surface area contributed by atoms with Crippen LogP contribution in [-0.2, 0) is 0 Å². The second-order valence-corrected chi connectivity index (χ2v) is 7.32. The highest BCUT2D eigenvalue weighted by molar-refractivity contribution is 4.93. The van der Waals surface area contributed by atoms with Gasteiger partial charge in [-0.3, -0.25) is 4.90 Å². The Morgan fingerprint density at radius 2 is 1.84 bits per heavy atom. The van der Waals surface area contributed by atoms with Crippen LogP contribution in [0.5, 0.6) is 0 Å². The molecule has 1 saturated carbocycles. The second-order valence-electron chi connectivity index (χ2n) is 7.32. The summed E-state index contributed by atoms with van der Waals surface area (Å²) in [6.07, 6.45) is 8.46. The minimum Gasteiger partial charge on any atom is -0.311 e. The summed E-state index contributed by atoms with van der Waals surface area (Å²) in [5, 5.41) is 3.84. The van der Waals surface area contributed by atoms with Crippen LogP contribution in [0.3, 0.4) is 0 Å². The van der Waals surface area contributed by atoms with Gasteiger partial charge in [0.2, 0.25) is 0 Å². The van der Waals surface area contributed by atoms with Crippen molar-refractivity contribution in [2.24, 2.45) is 11.8 Å². The largest absolute Gasteiger partial charge is 0.311 e. The summed E-state index contributed by atoms with van der Waals surface area (Å²) < 4.78 is 0. The van der Waals surface area contributed by atoms with E-state index in [2.05, 4.69) is 37.9 Å². The van der Waals surface area contributed by atoms with E-state index in [9.17, 15) is 0 Å². The van der Waals surface area contributed by atoms with E-state index >= 15 is 0 Å². The van der Waals surface area contributed by atoms with Gasteiger partial charge in [-0.05, 0) is 31.1 Å². The van der Waals surface area contributed by atoms with Gasteiger partial charge in [-0.1, -0.05) is 47.0 Å². The summed E-state index contributed by atoms with van der Waals surface area (Å²) in [6.45, 7) is 12.0. The minimum absolute atomic E-state index is 0.717. The van der Waals surface area contributed by atoms with Gasteiger partial charge in [0.15, 0.2) is 0 Å². The van der Waals surface area contributed by atoms with E-state index in [1.807, 2.05) is 0 Å². The van der Waals surface area contributed by atoms with Crippen molar-refractivity contribution in [1.29, 1.82) is 0 Å². The molecule has 2 heteroatoms. The van der Waals surface area contributed by atoms with Crippen molar-refractivity contribution in [2.45, 2.75) is 84.3 Å². The van der Waals surface area contributed by atoms with E-state index in [1.54, 1.807) is 0 Å². The molecule has 0 aromatic heterocycles. The molecule has 1 saturated heterocycles. The maximum absolute atomic E-state index is 3.84. The smallest absolute Gasteiger partial charge is 0.0226 e. The Labute approximate surface area is 120 Å². The molecular formula is C17H34N2. The van der Waals surface area contributed by atoms with Crippen molar-refractivity contribution < 1.29 is 0 Å². The number of rotatable bonds is 5. The lowest BCUT2D eigenvalue weighted by molar-refractivity contribution is 0.0576. The highest BCUT2D eigenvalue weighted by Gasteiger charge is 2.35. The first-order valence-corrected chi connectivity index (χ1v) is 8.61. The Morgan fingerprint density at radius 1 is 1.16 bits per heavy atom. The fraction of sp³-hybridized carbons (Fsp3) is 1.00. The van der Waals surface area contributed by atoms with Gasteiger partial charge in [-0.2, -0.15) is 0 Å². The van der Waals surface area contributed by atoms with Gasteiger partial charge in [0.1, 0.15) is 0 Å². The van der Waals surface area contributed by atoms with Crippen LogP contribution in [0.4, 0.5) is 0 Å². The molecule has 1 aliphatic heterocycles. The third kappa shape index (κ3) is 3.95. The summed E-state index contributed by atoms with van der Waals surface area (Å²) >= 11 is 0. The molecule has 0 spiro atoms. The van der Waals surface area contributed by atoms with Crippen LogP contribution in [0.25, 0.3) is 0 Å². The minimum atomic E-state index is 0.717. The predicted molar refractivity (Wildman–Crippen MR) is 83.5 cm³/mol. The van der Waals surface area contributed by atoms with E-state index in [0.717, 1.165) is 23.9 Å². The standard InChI is InChI=1S/C17H34N2/c1-5-14(4)17-12-19(15-8-6-7-9-15)16(11-18-17)10-13(2)3/h13-18H,5-12H2,1-4H3. The molecule has 3 unspecified atom stereocenters. The molecule has 0 aromatic rings. The molecule has 2 aliphatic rings. The maximum atomic E-state index is 3.84. The highest BCUT2D eigenvalue weighted by Crippen LogP contribution is 2.29. The first kappa shape index (κ1) is 15.3. The van der Waals surface area contributed by atoms with Crippen LogP contribution >= 0.6 is 0 Å². The van der Waals surface area contributed by atoms with Crippen molar-refractivity contribution in [3.05, 3.63) is 0 Å². The maximum Gasteiger partial charge on any atom is 0.0226 e. The monoisotopic (exact) mass is 266 g/mol. The molecule has 1 heterocycles. The molecule has 1 aliphatic carbocycles. The summed E-state index contributed by atoms with van der Waals surface area (Å²) in [5.74, 6) is 1.62. The third-order valence-electron chi connectivity index (χ3n) is 5.36. The van der Waals surface area contributed by atoms with E-state index in [1.165, 1.54) is 51.6 Å².